The standard InChI is InChI=1S/C18H18N4O5S/c1-13-6-3-4-8-15(13)22(28(2,24)25)11-17(23)26-12-16-20-18(21-27-16)14-7-5-9-19-10-14/h3-10H,11-12H2,1-2H3. The number of carbonyl (C=O) groups is 1. The second-order valence-corrected chi connectivity index (χ2v) is 7.88. The van der Waals surface area contributed by atoms with Gasteiger partial charge in [-0.25, -0.2) is 8.42 Å². The van der Waals surface area contributed by atoms with Gasteiger partial charge in [0.1, 0.15) is 6.54 Å². The summed E-state index contributed by atoms with van der Waals surface area (Å²) < 4.78 is 35.4. The van der Waals surface area contributed by atoms with Gasteiger partial charge >= 0.3 is 5.97 Å². The molecule has 146 valence electrons. The molecule has 0 aliphatic rings. The van der Waals surface area contributed by atoms with Crippen molar-refractivity contribution in [1.29, 1.82) is 0 Å². The molecule has 2 heterocycles. The summed E-state index contributed by atoms with van der Waals surface area (Å²) in [4.78, 5) is 20.3. The zero-order valence-corrected chi connectivity index (χ0v) is 16.1. The van der Waals surface area contributed by atoms with Crippen molar-refractivity contribution in [3.63, 3.8) is 0 Å². The van der Waals surface area contributed by atoms with Crippen LogP contribution < -0.4 is 4.31 Å². The third-order valence-electron chi connectivity index (χ3n) is 3.80. The maximum Gasteiger partial charge on any atom is 0.327 e. The Morgan fingerprint density at radius 3 is 2.68 bits per heavy atom. The molecule has 0 saturated carbocycles. The van der Waals surface area contributed by atoms with Gasteiger partial charge in [-0.3, -0.25) is 14.1 Å². The van der Waals surface area contributed by atoms with E-state index in [1.807, 2.05) is 0 Å². The van der Waals surface area contributed by atoms with Crippen molar-refractivity contribution in [2.24, 2.45) is 0 Å². The van der Waals surface area contributed by atoms with Gasteiger partial charge in [-0.1, -0.05) is 23.4 Å². The number of hydrogen-bond acceptors (Lipinski definition) is 8. The lowest BCUT2D eigenvalue weighted by molar-refractivity contribution is -0.143. The van der Waals surface area contributed by atoms with Crippen LogP contribution in [0.1, 0.15) is 11.5 Å². The van der Waals surface area contributed by atoms with Crippen molar-refractivity contribution in [2.75, 3.05) is 17.1 Å². The number of rotatable bonds is 7. The van der Waals surface area contributed by atoms with Crippen LogP contribution in [0.25, 0.3) is 11.4 Å². The fraction of sp³-hybridized carbons (Fsp3) is 0.222. The van der Waals surface area contributed by atoms with Crippen molar-refractivity contribution in [3.05, 3.63) is 60.2 Å². The average molecular weight is 402 g/mol. The number of nitrogens with zero attached hydrogens (tertiary/aromatic N) is 4. The third kappa shape index (κ3) is 4.71. The van der Waals surface area contributed by atoms with E-state index in [4.69, 9.17) is 9.26 Å². The number of para-hydroxylation sites is 1. The fourth-order valence-corrected chi connectivity index (χ4v) is 3.36. The smallest absolute Gasteiger partial charge is 0.327 e. The molecule has 0 spiro atoms. The number of aryl methyl sites for hydroxylation is 1. The fourth-order valence-electron chi connectivity index (χ4n) is 2.46. The molecule has 9 nitrogen and oxygen atoms in total. The highest BCUT2D eigenvalue weighted by Crippen LogP contribution is 2.22. The van der Waals surface area contributed by atoms with Crippen LogP contribution in [0.2, 0.25) is 0 Å². The van der Waals surface area contributed by atoms with Crippen LogP contribution in [0.3, 0.4) is 0 Å². The molecule has 2 aromatic heterocycles. The molecule has 0 unspecified atom stereocenters. The van der Waals surface area contributed by atoms with Crippen molar-refractivity contribution >= 4 is 21.7 Å². The second-order valence-electron chi connectivity index (χ2n) is 5.97. The van der Waals surface area contributed by atoms with E-state index in [1.165, 1.54) is 0 Å². The molecule has 0 N–H and O–H groups in total. The first kappa shape index (κ1) is 19.5. The molecule has 0 aliphatic carbocycles. The Bertz CT molecular complexity index is 1070. The Labute approximate surface area is 162 Å². The van der Waals surface area contributed by atoms with Crippen molar-refractivity contribution in [3.8, 4) is 11.4 Å². The number of benzene rings is 1. The average Bonchev–Trinajstić information content (AvgIpc) is 3.14. The zero-order valence-electron chi connectivity index (χ0n) is 15.3. The normalized spacial score (nSPS) is 11.2. The molecule has 0 atom stereocenters. The molecule has 0 aliphatic heterocycles. The Hall–Kier alpha value is -3.27. The largest absolute Gasteiger partial charge is 0.454 e. The highest BCUT2D eigenvalue weighted by molar-refractivity contribution is 7.92. The highest BCUT2D eigenvalue weighted by Gasteiger charge is 2.23. The van der Waals surface area contributed by atoms with Crippen molar-refractivity contribution in [1.82, 2.24) is 15.1 Å². The number of pyridine rings is 1. The Morgan fingerprint density at radius 1 is 1.21 bits per heavy atom. The molecule has 10 heteroatoms. The molecular formula is C18H18N4O5S. The number of aromatic nitrogens is 3. The SMILES string of the molecule is Cc1ccccc1N(CC(=O)OCc1nc(-c2cccnc2)no1)S(C)(=O)=O. The predicted octanol–water partition coefficient (Wildman–Crippen LogP) is 1.95. The van der Waals surface area contributed by atoms with Crippen LogP contribution in [0.4, 0.5) is 5.69 Å². The van der Waals surface area contributed by atoms with Crippen LogP contribution >= 0.6 is 0 Å². The summed E-state index contributed by atoms with van der Waals surface area (Å²) in [7, 11) is -3.68. The van der Waals surface area contributed by atoms with E-state index in [9.17, 15) is 13.2 Å². The third-order valence-corrected chi connectivity index (χ3v) is 4.93. The predicted molar refractivity (Wildman–Crippen MR) is 101 cm³/mol. The first-order chi connectivity index (χ1) is 13.3. The zero-order chi connectivity index (χ0) is 20.1. The van der Waals surface area contributed by atoms with Crippen LogP contribution in [-0.4, -0.2) is 42.3 Å². The summed E-state index contributed by atoms with van der Waals surface area (Å²) >= 11 is 0. The lowest BCUT2D eigenvalue weighted by Gasteiger charge is -2.22. The number of sulfonamides is 1. The summed E-state index contributed by atoms with van der Waals surface area (Å²) in [6, 6.07) is 10.4. The van der Waals surface area contributed by atoms with E-state index in [0.29, 0.717) is 17.1 Å². The summed E-state index contributed by atoms with van der Waals surface area (Å²) in [5.74, 6) is -0.333. The molecular weight excluding hydrogens is 384 g/mol. The summed E-state index contributed by atoms with van der Waals surface area (Å²) in [5.41, 5.74) is 1.80. The maximum atomic E-state index is 12.2. The Balaban J connectivity index is 1.66. The van der Waals surface area contributed by atoms with Gasteiger partial charge in [0.25, 0.3) is 5.89 Å². The molecule has 0 saturated heterocycles. The molecule has 0 amide bonds. The van der Waals surface area contributed by atoms with Crippen LogP contribution in [0, 0.1) is 6.92 Å². The topological polar surface area (TPSA) is 115 Å². The van der Waals surface area contributed by atoms with E-state index in [0.717, 1.165) is 16.1 Å². The van der Waals surface area contributed by atoms with E-state index >= 15 is 0 Å². The highest BCUT2D eigenvalue weighted by atomic mass is 32.2. The van der Waals surface area contributed by atoms with E-state index in [2.05, 4.69) is 15.1 Å². The van der Waals surface area contributed by atoms with Gasteiger partial charge in [0.15, 0.2) is 6.61 Å². The van der Waals surface area contributed by atoms with E-state index in [-0.39, 0.29) is 12.5 Å². The quantitative estimate of drug-likeness (QED) is 0.551. The minimum Gasteiger partial charge on any atom is -0.454 e. The molecule has 1 aromatic carbocycles. The monoisotopic (exact) mass is 402 g/mol. The van der Waals surface area contributed by atoms with Gasteiger partial charge in [0.2, 0.25) is 15.8 Å². The molecule has 0 fully saturated rings. The van der Waals surface area contributed by atoms with Gasteiger partial charge in [0, 0.05) is 18.0 Å². The van der Waals surface area contributed by atoms with E-state index in [1.54, 1.807) is 55.7 Å². The molecule has 0 bridgehead atoms. The van der Waals surface area contributed by atoms with Gasteiger partial charge in [-0.05, 0) is 30.7 Å². The van der Waals surface area contributed by atoms with Crippen LogP contribution in [-0.2, 0) is 26.2 Å². The maximum absolute atomic E-state index is 12.2. The first-order valence-corrected chi connectivity index (χ1v) is 10.1. The summed E-state index contributed by atoms with van der Waals surface area (Å²) in [6.07, 6.45) is 4.23. The van der Waals surface area contributed by atoms with E-state index < -0.39 is 22.5 Å². The first-order valence-electron chi connectivity index (χ1n) is 8.26. The summed E-state index contributed by atoms with van der Waals surface area (Å²) in [6.45, 7) is 1.03. The lowest BCUT2D eigenvalue weighted by Crippen LogP contribution is -2.36. The lowest BCUT2D eigenvalue weighted by atomic mass is 10.2. The number of hydrogen-bond donors (Lipinski definition) is 0. The van der Waals surface area contributed by atoms with Gasteiger partial charge in [-0.15, -0.1) is 0 Å². The Kier molecular flexibility index (Phi) is 5.69. The number of carbonyl (C=O) groups excluding carboxylic acids is 1. The van der Waals surface area contributed by atoms with Crippen molar-refractivity contribution in [2.45, 2.75) is 13.5 Å². The Morgan fingerprint density at radius 2 is 2.00 bits per heavy atom. The number of anilines is 1. The molecule has 3 rings (SSSR count). The van der Waals surface area contributed by atoms with Gasteiger partial charge < -0.3 is 9.26 Å². The van der Waals surface area contributed by atoms with Crippen LogP contribution in [0.15, 0.2) is 53.3 Å². The van der Waals surface area contributed by atoms with Crippen molar-refractivity contribution < 1.29 is 22.5 Å². The second kappa shape index (κ2) is 8.17. The molecule has 3 aromatic rings. The summed E-state index contributed by atoms with van der Waals surface area (Å²) in [5, 5.41) is 3.80. The van der Waals surface area contributed by atoms with Gasteiger partial charge in [0.05, 0.1) is 11.9 Å². The van der Waals surface area contributed by atoms with Crippen LogP contribution in [0.5, 0.6) is 0 Å². The molecule has 0 radical (unpaired) electrons. The number of esters is 1. The molecule has 28 heavy (non-hydrogen) atoms. The van der Waals surface area contributed by atoms with Gasteiger partial charge in [-0.2, -0.15) is 4.98 Å². The number of ether oxygens (including phenoxy) is 1. The minimum absolute atomic E-state index is 0.0917. The minimum atomic E-state index is -3.68.